The number of benzene rings is 1. The molecule has 8 heteroatoms. The van der Waals surface area contributed by atoms with E-state index in [2.05, 4.69) is 27.2 Å². The van der Waals surface area contributed by atoms with Crippen molar-refractivity contribution in [1.29, 1.82) is 0 Å². The monoisotopic (exact) mass is 499 g/mol. The van der Waals surface area contributed by atoms with E-state index in [1.807, 2.05) is 31.3 Å². The summed E-state index contributed by atoms with van der Waals surface area (Å²) in [4.78, 5) is 21.0. The molecule has 1 aromatic heterocycles. The molecule has 0 saturated heterocycles. The normalized spacial score (nSPS) is 10.9. The number of nitrogens with zero attached hydrogens (tertiary/aromatic N) is 2. The van der Waals surface area contributed by atoms with Gasteiger partial charge in [-0.25, -0.2) is 4.99 Å². The van der Waals surface area contributed by atoms with Crippen molar-refractivity contribution >= 4 is 46.7 Å². The van der Waals surface area contributed by atoms with Crippen molar-refractivity contribution in [2.24, 2.45) is 4.99 Å². The van der Waals surface area contributed by atoms with Gasteiger partial charge in [-0.05, 0) is 31.0 Å². The van der Waals surface area contributed by atoms with E-state index in [1.54, 1.807) is 21.2 Å². The molecule has 0 saturated carbocycles. The number of carbonyl (C=O) groups is 1. The summed E-state index contributed by atoms with van der Waals surface area (Å²) in [6.45, 7) is 7.19. The van der Waals surface area contributed by atoms with E-state index in [0.717, 1.165) is 28.6 Å². The molecule has 3 N–H and O–H groups in total. The molecule has 0 bridgehead atoms. The van der Waals surface area contributed by atoms with Crippen molar-refractivity contribution in [1.82, 2.24) is 20.5 Å². The minimum atomic E-state index is -0.0483. The van der Waals surface area contributed by atoms with Crippen LogP contribution in [0.4, 0.5) is 0 Å². The van der Waals surface area contributed by atoms with Crippen LogP contribution in [-0.2, 0) is 11.2 Å². The Morgan fingerprint density at radius 1 is 1.32 bits per heavy atom. The number of aliphatic imine (C=N–C) groups is 1. The van der Waals surface area contributed by atoms with Crippen molar-refractivity contribution in [3.63, 3.8) is 0 Å². The molecule has 0 aliphatic rings. The number of aromatic nitrogens is 1. The van der Waals surface area contributed by atoms with Crippen LogP contribution in [0.25, 0.3) is 10.9 Å². The highest BCUT2D eigenvalue weighted by molar-refractivity contribution is 14.0. The molecule has 0 fully saturated rings. The number of fused-ring (bicyclic) bond motifs is 1. The summed E-state index contributed by atoms with van der Waals surface area (Å²) in [5.41, 5.74) is 3.21. The third-order valence-electron chi connectivity index (χ3n) is 4.08. The molecule has 1 amide bonds. The molecule has 2 aromatic rings. The zero-order valence-corrected chi connectivity index (χ0v) is 19.3. The minimum absolute atomic E-state index is 0. The number of hydrogen-bond acceptors (Lipinski definition) is 3. The summed E-state index contributed by atoms with van der Waals surface area (Å²) in [6, 6.07) is 5.96. The number of H-pyrrole nitrogens is 1. The number of likely N-dealkylation sites (N-methyl/N-ethyl adjacent to an activating group) is 1. The molecule has 0 aliphatic heterocycles. The van der Waals surface area contributed by atoms with Crippen molar-refractivity contribution in [3.8, 4) is 5.75 Å². The number of methoxy groups -OCH3 is 1. The summed E-state index contributed by atoms with van der Waals surface area (Å²) < 4.78 is 5.48. The van der Waals surface area contributed by atoms with Crippen LogP contribution in [0.15, 0.2) is 41.5 Å². The van der Waals surface area contributed by atoms with Gasteiger partial charge >= 0.3 is 0 Å². The number of guanidine groups is 1. The fraction of sp³-hybridized carbons (Fsp3) is 0.400. The number of amides is 1. The van der Waals surface area contributed by atoms with Gasteiger partial charge in [-0.3, -0.25) is 4.79 Å². The number of hydrogen-bond donors (Lipinski definition) is 3. The van der Waals surface area contributed by atoms with E-state index in [0.29, 0.717) is 19.0 Å². The number of ether oxygens (including phenoxy) is 1. The van der Waals surface area contributed by atoms with E-state index >= 15 is 0 Å². The quantitative estimate of drug-likeness (QED) is 0.226. The highest BCUT2D eigenvalue weighted by Gasteiger charge is 2.09. The van der Waals surface area contributed by atoms with Crippen LogP contribution >= 0.6 is 24.0 Å². The summed E-state index contributed by atoms with van der Waals surface area (Å²) in [5.74, 6) is 1.41. The van der Waals surface area contributed by atoms with Gasteiger partial charge in [0.05, 0.1) is 7.11 Å². The van der Waals surface area contributed by atoms with Gasteiger partial charge < -0.3 is 25.3 Å². The van der Waals surface area contributed by atoms with E-state index in [4.69, 9.17) is 4.74 Å². The molecule has 0 spiro atoms. The highest BCUT2D eigenvalue weighted by atomic mass is 127. The van der Waals surface area contributed by atoms with Crippen LogP contribution < -0.4 is 15.4 Å². The van der Waals surface area contributed by atoms with E-state index in [9.17, 15) is 4.79 Å². The molecular weight excluding hydrogens is 469 g/mol. The molecule has 0 unspecified atom stereocenters. The molecule has 28 heavy (non-hydrogen) atoms. The number of halogens is 1. The van der Waals surface area contributed by atoms with Crippen molar-refractivity contribution in [2.75, 3.05) is 40.8 Å². The highest BCUT2D eigenvalue weighted by Crippen LogP contribution is 2.28. The number of aromatic amines is 1. The predicted molar refractivity (Wildman–Crippen MR) is 126 cm³/mol. The Morgan fingerprint density at radius 3 is 2.71 bits per heavy atom. The van der Waals surface area contributed by atoms with E-state index in [1.165, 1.54) is 10.5 Å². The average Bonchev–Trinajstić information content (AvgIpc) is 3.06. The minimum Gasteiger partial charge on any atom is -0.496 e. The van der Waals surface area contributed by atoms with Crippen molar-refractivity contribution in [2.45, 2.75) is 13.3 Å². The Kier molecular flexibility index (Phi) is 9.84. The lowest BCUT2D eigenvalue weighted by molar-refractivity contribution is -0.127. The first-order valence-electron chi connectivity index (χ1n) is 8.92. The van der Waals surface area contributed by atoms with Crippen molar-refractivity contribution in [3.05, 3.63) is 42.1 Å². The zero-order valence-electron chi connectivity index (χ0n) is 17.0. The largest absolute Gasteiger partial charge is 0.496 e. The van der Waals surface area contributed by atoms with E-state index < -0.39 is 0 Å². The Labute approximate surface area is 183 Å². The number of nitrogens with one attached hydrogen (secondary N) is 3. The zero-order chi connectivity index (χ0) is 19.8. The second-order valence-electron chi connectivity index (χ2n) is 6.64. The number of rotatable bonds is 8. The third-order valence-corrected chi connectivity index (χ3v) is 4.08. The summed E-state index contributed by atoms with van der Waals surface area (Å²) in [6.07, 6.45) is 2.79. The van der Waals surface area contributed by atoms with Crippen molar-refractivity contribution < 1.29 is 9.53 Å². The van der Waals surface area contributed by atoms with Gasteiger partial charge in [0.1, 0.15) is 12.3 Å². The second-order valence-corrected chi connectivity index (χ2v) is 6.64. The van der Waals surface area contributed by atoms with Gasteiger partial charge in [-0.2, -0.15) is 0 Å². The average molecular weight is 499 g/mol. The van der Waals surface area contributed by atoms with Crippen LogP contribution in [0.3, 0.4) is 0 Å². The molecule has 0 aliphatic carbocycles. The SMILES string of the molecule is C=C(C)CNC(=NCC(=O)N(C)C)NCCc1c[nH]c2cccc(OC)c12.I. The Morgan fingerprint density at radius 2 is 2.07 bits per heavy atom. The van der Waals surface area contributed by atoms with Crippen LogP contribution in [0, 0.1) is 0 Å². The van der Waals surface area contributed by atoms with Gasteiger partial charge in [0.25, 0.3) is 0 Å². The first-order chi connectivity index (χ1) is 12.9. The smallest absolute Gasteiger partial charge is 0.243 e. The van der Waals surface area contributed by atoms with Crippen LogP contribution in [0.1, 0.15) is 12.5 Å². The Hall–Kier alpha value is -2.23. The van der Waals surface area contributed by atoms with Crippen LogP contribution in [0.5, 0.6) is 5.75 Å². The fourth-order valence-electron chi connectivity index (χ4n) is 2.60. The first kappa shape index (κ1) is 23.8. The predicted octanol–water partition coefficient (Wildman–Crippen LogP) is 2.54. The Balaban J connectivity index is 0.00000392. The molecule has 0 atom stereocenters. The maximum absolute atomic E-state index is 11.8. The maximum atomic E-state index is 11.8. The van der Waals surface area contributed by atoms with Crippen LogP contribution in [-0.4, -0.2) is 62.6 Å². The lowest BCUT2D eigenvalue weighted by Gasteiger charge is -2.14. The molecular formula is C20H30IN5O2. The van der Waals surface area contributed by atoms with E-state index in [-0.39, 0.29) is 36.4 Å². The second kappa shape index (κ2) is 11.6. The van der Waals surface area contributed by atoms with Gasteiger partial charge in [0, 0.05) is 44.3 Å². The first-order valence-corrected chi connectivity index (χ1v) is 8.92. The standard InChI is InChI=1S/C20H29N5O2.HI/c1-14(2)11-23-20(24-13-18(26)25(3)4)21-10-9-15-12-22-16-7-6-8-17(27-5)19(15)16;/h6-8,12,22H,1,9-11,13H2,2-5H3,(H2,21,23,24);1H. The Bertz CT molecular complexity index is 829. The van der Waals surface area contributed by atoms with Crippen LogP contribution in [0.2, 0.25) is 0 Å². The molecule has 2 rings (SSSR count). The molecule has 7 nitrogen and oxygen atoms in total. The summed E-state index contributed by atoms with van der Waals surface area (Å²) in [5, 5.41) is 7.57. The van der Waals surface area contributed by atoms with Gasteiger partial charge in [0.15, 0.2) is 5.96 Å². The third kappa shape index (κ3) is 6.74. The van der Waals surface area contributed by atoms with Gasteiger partial charge in [-0.1, -0.05) is 18.2 Å². The molecule has 1 aromatic carbocycles. The summed E-state index contributed by atoms with van der Waals surface area (Å²) in [7, 11) is 5.12. The number of carbonyl (C=O) groups excluding carboxylic acids is 1. The summed E-state index contributed by atoms with van der Waals surface area (Å²) >= 11 is 0. The maximum Gasteiger partial charge on any atom is 0.243 e. The lowest BCUT2D eigenvalue weighted by atomic mass is 10.1. The lowest BCUT2D eigenvalue weighted by Crippen LogP contribution is -2.40. The fourth-order valence-corrected chi connectivity index (χ4v) is 2.60. The van der Waals surface area contributed by atoms with Gasteiger partial charge in [-0.15, -0.1) is 24.0 Å². The molecule has 154 valence electrons. The topological polar surface area (TPSA) is 81.8 Å². The molecule has 1 heterocycles. The molecule has 0 radical (unpaired) electrons. The van der Waals surface area contributed by atoms with Gasteiger partial charge in [0.2, 0.25) is 5.91 Å².